The van der Waals surface area contributed by atoms with Gasteiger partial charge in [0.25, 0.3) is 0 Å². The van der Waals surface area contributed by atoms with Crippen molar-refractivity contribution < 1.29 is 4.74 Å². The Hall–Kier alpha value is -0.990. The lowest BCUT2D eigenvalue weighted by Gasteiger charge is -2.17. The number of halogens is 1. The highest BCUT2D eigenvalue weighted by molar-refractivity contribution is 5.85. The van der Waals surface area contributed by atoms with Gasteiger partial charge in [0.15, 0.2) is 0 Å². The number of rotatable bonds is 5. The van der Waals surface area contributed by atoms with Crippen LogP contribution in [0.5, 0.6) is 5.75 Å². The maximum absolute atomic E-state index is 6.10. The van der Waals surface area contributed by atoms with Crippen molar-refractivity contribution in [1.29, 1.82) is 0 Å². The molecule has 0 aliphatic heterocycles. The molecule has 0 fully saturated rings. The Labute approximate surface area is 110 Å². The second-order valence-corrected chi connectivity index (χ2v) is 4.29. The largest absolute Gasteiger partial charge is 0.496 e. The molecule has 1 atom stereocenters. The quantitative estimate of drug-likeness (QED) is 0.812. The first-order valence-corrected chi connectivity index (χ1v) is 5.64. The van der Waals surface area contributed by atoms with Crippen LogP contribution in [0.15, 0.2) is 30.9 Å². The van der Waals surface area contributed by atoms with Crippen molar-refractivity contribution in [3.63, 3.8) is 0 Å². The van der Waals surface area contributed by atoms with Gasteiger partial charge in [-0.2, -0.15) is 0 Å². The molecule has 0 aromatic heterocycles. The third-order valence-electron chi connectivity index (χ3n) is 2.74. The Morgan fingerprint density at radius 2 is 2.06 bits per heavy atom. The molecular weight excluding hydrogens is 234 g/mol. The van der Waals surface area contributed by atoms with Crippen molar-refractivity contribution >= 4 is 12.4 Å². The number of ether oxygens (including phenoxy) is 1. The normalized spacial score (nSPS) is 11.8. The van der Waals surface area contributed by atoms with E-state index in [1.54, 1.807) is 7.11 Å². The predicted octanol–water partition coefficient (Wildman–Crippen LogP) is 3.82. The van der Waals surface area contributed by atoms with Gasteiger partial charge in [-0.05, 0) is 24.0 Å². The van der Waals surface area contributed by atoms with E-state index >= 15 is 0 Å². The molecule has 96 valence electrons. The van der Waals surface area contributed by atoms with Gasteiger partial charge in [-0.1, -0.05) is 32.1 Å². The van der Waals surface area contributed by atoms with Crippen molar-refractivity contribution in [2.24, 2.45) is 5.73 Å². The molecular formula is C14H22ClNO. The molecule has 0 spiro atoms. The summed E-state index contributed by atoms with van der Waals surface area (Å²) >= 11 is 0. The van der Waals surface area contributed by atoms with E-state index in [1.165, 1.54) is 5.56 Å². The molecule has 2 N–H and O–H groups in total. The molecule has 0 amide bonds. The summed E-state index contributed by atoms with van der Waals surface area (Å²) in [6.45, 7) is 8.06. The molecule has 0 unspecified atom stereocenters. The summed E-state index contributed by atoms with van der Waals surface area (Å²) in [4.78, 5) is 0. The fourth-order valence-corrected chi connectivity index (χ4v) is 1.71. The number of benzene rings is 1. The van der Waals surface area contributed by atoms with Gasteiger partial charge in [-0.25, -0.2) is 0 Å². The summed E-state index contributed by atoms with van der Waals surface area (Å²) in [5, 5.41) is 0. The van der Waals surface area contributed by atoms with Gasteiger partial charge < -0.3 is 10.5 Å². The maximum Gasteiger partial charge on any atom is 0.123 e. The molecule has 2 nitrogen and oxygen atoms in total. The smallest absolute Gasteiger partial charge is 0.123 e. The molecule has 0 aliphatic carbocycles. The minimum absolute atomic E-state index is 0. The second-order valence-electron chi connectivity index (χ2n) is 4.29. The molecule has 1 aromatic carbocycles. The van der Waals surface area contributed by atoms with E-state index in [4.69, 9.17) is 10.5 Å². The van der Waals surface area contributed by atoms with Crippen LogP contribution in [0.4, 0.5) is 0 Å². The molecule has 0 saturated heterocycles. The van der Waals surface area contributed by atoms with Crippen LogP contribution in [0.3, 0.4) is 0 Å². The van der Waals surface area contributed by atoms with Crippen molar-refractivity contribution in [3.05, 3.63) is 42.0 Å². The van der Waals surface area contributed by atoms with Crippen LogP contribution in [-0.2, 0) is 0 Å². The highest BCUT2D eigenvalue weighted by Gasteiger charge is 2.12. The summed E-state index contributed by atoms with van der Waals surface area (Å²) in [6, 6.07) is 6.19. The number of hydrogen-bond acceptors (Lipinski definition) is 2. The van der Waals surface area contributed by atoms with E-state index in [0.717, 1.165) is 17.7 Å². The first-order chi connectivity index (χ1) is 7.60. The van der Waals surface area contributed by atoms with Crippen molar-refractivity contribution in [3.8, 4) is 5.75 Å². The van der Waals surface area contributed by atoms with Crippen LogP contribution >= 0.6 is 12.4 Å². The van der Waals surface area contributed by atoms with Crippen molar-refractivity contribution in [2.45, 2.75) is 32.2 Å². The Balaban J connectivity index is 0.00000256. The van der Waals surface area contributed by atoms with Crippen LogP contribution in [0.2, 0.25) is 0 Å². The number of nitrogens with two attached hydrogens (primary N) is 1. The van der Waals surface area contributed by atoms with Gasteiger partial charge in [0.2, 0.25) is 0 Å². The van der Waals surface area contributed by atoms with E-state index in [2.05, 4.69) is 32.6 Å². The number of hydrogen-bond donors (Lipinski definition) is 1. The van der Waals surface area contributed by atoms with E-state index in [0.29, 0.717) is 5.92 Å². The fraction of sp³-hybridized carbons (Fsp3) is 0.429. The maximum atomic E-state index is 6.10. The minimum atomic E-state index is -0.0360. The van der Waals surface area contributed by atoms with E-state index in [-0.39, 0.29) is 18.4 Å². The summed E-state index contributed by atoms with van der Waals surface area (Å²) in [7, 11) is 1.68. The lowest BCUT2D eigenvalue weighted by atomic mass is 9.96. The Kier molecular flexibility index (Phi) is 6.93. The average molecular weight is 256 g/mol. The third-order valence-corrected chi connectivity index (χ3v) is 2.74. The molecule has 1 aromatic rings. The Bertz CT molecular complexity index is 363. The molecule has 0 radical (unpaired) electrons. The fourth-order valence-electron chi connectivity index (χ4n) is 1.71. The first kappa shape index (κ1) is 16.0. The van der Waals surface area contributed by atoms with Crippen LogP contribution in [0.25, 0.3) is 0 Å². The lowest BCUT2D eigenvalue weighted by Crippen LogP contribution is -2.11. The lowest BCUT2D eigenvalue weighted by molar-refractivity contribution is 0.405. The number of methoxy groups -OCH3 is 1. The molecule has 0 heterocycles. The van der Waals surface area contributed by atoms with Gasteiger partial charge in [0, 0.05) is 11.6 Å². The highest BCUT2D eigenvalue weighted by Crippen LogP contribution is 2.29. The van der Waals surface area contributed by atoms with Crippen LogP contribution in [0, 0.1) is 0 Å². The molecule has 0 bridgehead atoms. The van der Waals surface area contributed by atoms with Crippen LogP contribution < -0.4 is 10.5 Å². The van der Waals surface area contributed by atoms with Crippen molar-refractivity contribution in [1.82, 2.24) is 0 Å². The molecule has 0 saturated carbocycles. The molecule has 17 heavy (non-hydrogen) atoms. The first-order valence-electron chi connectivity index (χ1n) is 5.64. The van der Waals surface area contributed by atoms with Crippen LogP contribution in [0.1, 0.15) is 43.4 Å². The topological polar surface area (TPSA) is 35.2 Å². The Morgan fingerprint density at radius 3 is 2.53 bits per heavy atom. The average Bonchev–Trinajstić information content (AvgIpc) is 2.28. The van der Waals surface area contributed by atoms with Gasteiger partial charge in [0.05, 0.1) is 7.11 Å². The standard InChI is InChI=1S/C14H21NO.ClH/c1-5-6-13(15)12-9-11(10(2)3)7-8-14(12)16-4;/h5,7-10,13H,1,6,15H2,2-4H3;1H/t13-;/m1./s1. The SMILES string of the molecule is C=CC[C@@H](N)c1cc(C(C)C)ccc1OC.Cl. The van der Waals surface area contributed by atoms with Crippen LogP contribution in [-0.4, -0.2) is 7.11 Å². The summed E-state index contributed by atoms with van der Waals surface area (Å²) in [5.74, 6) is 1.36. The minimum Gasteiger partial charge on any atom is -0.496 e. The van der Waals surface area contributed by atoms with E-state index in [1.807, 2.05) is 12.1 Å². The predicted molar refractivity (Wildman–Crippen MR) is 76.1 cm³/mol. The van der Waals surface area contributed by atoms with E-state index < -0.39 is 0 Å². The zero-order valence-corrected chi connectivity index (χ0v) is 11.6. The highest BCUT2D eigenvalue weighted by atomic mass is 35.5. The van der Waals surface area contributed by atoms with Crippen molar-refractivity contribution in [2.75, 3.05) is 7.11 Å². The zero-order chi connectivity index (χ0) is 12.1. The summed E-state index contributed by atoms with van der Waals surface area (Å²) < 4.78 is 5.33. The summed E-state index contributed by atoms with van der Waals surface area (Å²) in [6.07, 6.45) is 2.60. The van der Waals surface area contributed by atoms with Gasteiger partial charge in [-0.15, -0.1) is 19.0 Å². The third kappa shape index (κ3) is 4.06. The second kappa shape index (κ2) is 7.36. The van der Waals surface area contributed by atoms with Gasteiger partial charge in [0.1, 0.15) is 5.75 Å². The van der Waals surface area contributed by atoms with Gasteiger partial charge in [-0.3, -0.25) is 0 Å². The zero-order valence-electron chi connectivity index (χ0n) is 10.8. The molecule has 0 aliphatic rings. The van der Waals surface area contributed by atoms with E-state index in [9.17, 15) is 0 Å². The summed E-state index contributed by atoms with van der Waals surface area (Å²) in [5.41, 5.74) is 8.45. The Morgan fingerprint density at radius 1 is 1.41 bits per heavy atom. The monoisotopic (exact) mass is 255 g/mol. The van der Waals surface area contributed by atoms with Gasteiger partial charge >= 0.3 is 0 Å². The molecule has 3 heteroatoms. The molecule has 1 rings (SSSR count).